The number of ether oxygens (including phenoxy) is 2. The number of anilines is 1. The number of pyridine rings is 2. The Kier molecular flexibility index (Phi) is 8.10. The predicted octanol–water partition coefficient (Wildman–Crippen LogP) is 3.93. The maximum absolute atomic E-state index is 13.7. The predicted molar refractivity (Wildman–Crippen MR) is 156 cm³/mol. The molecule has 2 fully saturated rings. The summed E-state index contributed by atoms with van der Waals surface area (Å²) in [6, 6.07) is 13.2. The lowest BCUT2D eigenvalue weighted by molar-refractivity contribution is 0.0342. The number of aliphatic hydroxyl groups is 1. The molecular formula is C31H33N7O4. The molecule has 1 saturated carbocycles. The molecule has 1 saturated heterocycles. The zero-order valence-corrected chi connectivity index (χ0v) is 23.5. The zero-order chi connectivity index (χ0) is 29.1. The van der Waals surface area contributed by atoms with Gasteiger partial charge in [-0.2, -0.15) is 5.26 Å². The van der Waals surface area contributed by atoms with Crippen LogP contribution >= 0.6 is 0 Å². The van der Waals surface area contributed by atoms with Crippen LogP contribution in [-0.2, 0) is 11.3 Å². The molecule has 0 bridgehead atoms. The van der Waals surface area contributed by atoms with Crippen molar-refractivity contribution < 1.29 is 19.4 Å². The van der Waals surface area contributed by atoms with Crippen LogP contribution in [0.2, 0.25) is 0 Å². The maximum Gasteiger partial charge on any atom is 0.258 e. The van der Waals surface area contributed by atoms with Gasteiger partial charge in [-0.1, -0.05) is 6.07 Å². The number of nitriles is 1. The van der Waals surface area contributed by atoms with Gasteiger partial charge in [-0.05, 0) is 61.6 Å². The van der Waals surface area contributed by atoms with E-state index < -0.39 is 5.91 Å². The molecule has 1 amide bonds. The molecule has 0 radical (unpaired) electrons. The number of amides is 1. The third kappa shape index (κ3) is 5.83. The lowest BCUT2D eigenvalue weighted by Gasteiger charge is -2.28. The second-order valence-electron chi connectivity index (χ2n) is 10.7. The largest absolute Gasteiger partial charge is 0.496 e. The summed E-state index contributed by atoms with van der Waals surface area (Å²) in [6.45, 7) is 4.05. The molecule has 4 aromatic rings. The van der Waals surface area contributed by atoms with Crippen molar-refractivity contribution in [2.24, 2.45) is 0 Å². The van der Waals surface area contributed by atoms with Gasteiger partial charge in [0.15, 0.2) is 0 Å². The van der Waals surface area contributed by atoms with Gasteiger partial charge in [0.1, 0.15) is 17.5 Å². The Labute approximate surface area is 243 Å². The van der Waals surface area contributed by atoms with Crippen molar-refractivity contribution in [1.29, 1.82) is 5.26 Å². The van der Waals surface area contributed by atoms with Gasteiger partial charge < -0.3 is 19.1 Å². The number of fused-ring (bicyclic) bond motifs is 1. The minimum atomic E-state index is -0.404. The maximum atomic E-state index is 13.7. The summed E-state index contributed by atoms with van der Waals surface area (Å²) in [7, 11) is 1.54. The molecule has 0 unspecified atom stereocenters. The van der Waals surface area contributed by atoms with Crippen LogP contribution in [0.5, 0.6) is 5.75 Å². The average molecular weight is 568 g/mol. The number of methoxy groups -OCH3 is 1. The molecule has 1 aliphatic carbocycles. The van der Waals surface area contributed by atoms with E-state index in [-0.39, 0.29) is 23.4 Å². The molecule has 11 heteroatoms. The third-order valence-corrected chi connectivity index (χ3v) is 8.00. The van der Waals surface area contributed by atoms with Crippen molar-refractivity contribution >= 4 is 22.9 Å². The van der Waals surface area contributed by atoms with Crippen molar-refractivity contribution in [1.82, 2.24) is 24.4 Å². The van der Waals surface area contributed by atoms with E-state index in [0.29, 0.717) is 35.8 Å². The molecule has 3 aromatic heterocycles. The summed E-state index contributed by atoms with van der Waals surface area (Å²) in [6.07, 6.45) is 5.84. The number of morpholine rings is 1. The number of rotatable bonds is 7. The Morgan fingerprint density at radius 1 is 1.14 bits per heavy atom. The minimum absolute atomic E-state index is 0.0844. The molecule has 2 aliphatic rings. The number of aromatic nitrogens is 4. The number of aliphatic hydroxyl groups excluding tert-OH is 1. The van der Waals surface area contributed by atoms with Gasteiger partial charge in [-0.25, -0.2) is 9.97 Å². The number of carbonyl (C=O) groups is 1. The number of nitrogens with one attached hydrogen (secondary N) is 1. The fourth-order valence-corrected chi connectivity index (χ4v) is 5.82. The molecule has 4 heterocycles. The first-order valence-electron chi connectivity index (χ1n) is 14.2. The quantitative estimate of drug-likeness (QED) is 0.340. The molecule has 42 heavy (non-hydrogen) atoms. The number of nitrogens with zero attached hydrogens (tertiary/aromatic N) is 6. The Morgan fingerprint density at radius 2 is 1.95 bits per heavy atom. The van der Waals surface area contributed by atoms with Crippen LogP contribution in [0, 0.1) is 11.3 Å². The van der Waals surface area contributed by atoms with Gasteiger partial charge in [0.2, 0.25) is 5.95 Å². The standard InChI is InChI=1S/C31H33N7O4/c1-41-29-8-9-33-18-25(29)26-16-21(15-22(17-32)34-26)30(40)36-31-35-27-14-20(19-37-10-12-42-13-11-37)2-7-28(27)38(31)23-3-5-24(39)6-4-23/h2,7-9,14-16,18,23-24,39H,3-6,10-13,19H2,1H3,(H,35,36,40). The summed E-state index contributed by atoms with van der Waals surface area (Å²) >= 11 is 0. The Morgan fingerprint density at radius 3 is 2.71 bits per heavy atom. The molecule has 216 valence electrons. The zero-order valence-electron chi connectivity index (χ0n) is 23.5. The van der Waals surface area contributed by atoms with Gasteiger partial charge in [0, 0.05) is 43.6 Å². The van der Waals surface area contributed by atoms with Crippen LogP contribution in [0.3, 0.4) is 0 Å². The fourth-order valence-electron chi connectivity index (χ4n) is 5.82. The smallest absolute Gasteiger partial charge is 0.258 e. The summed E-state index contributed by atoms with van der Waals surface area (Å²) in [5.74, 6) is 0.572. The van der Waals surface area contributed by atoms with E-state index >= 15 is 0 Å². The lowest BCUT2D eigenvalue weighted by atomic mass is 9.93. The van der Waals surface area contributed by atoms with E-state index in [2.05, 4.69) is 49.0 Å². The first-order chi connectivity index (χ1) is 20.5. The van der Waals surface area contributed by atoms with Crippen LogP contribution in [0.4, 0.5) is 5.95 Å². The van der Waals surface area contributed by atoms with Crippen molar-refractivity contribution in [3.63, 3.8) is 0 Å². The van der Waals surface area contributed by atoms with E-state index in [0.717, 1.165) is 62.3 Å². The Hall–Kier alpha value is -4.37. The highest BCUT2D eigenvalue weighted by Crippen LogP contribution is 2.35. The highest BCUT2D eigenvalue weighted by molar-refractivity contribution is 6.05. The van der Waals surface area contributed by atoms with Gasteiger partial charge in [-0.15, -0.1) is 0 Å². The van der Waals surface area contributed by atoms with Crippen LogP contribution in [0.1, 0.15) is 53.3 Å². The van der Waals surface area contributed by atoms with Crippen molar-refractivity contribution in [2.75, 3.05) is 38.7 Å². The molecule has 11 nitrogen and oxygen atoms in total. The van der Waals surface area contributed by atoms with E-state index in [4.69, 9.17) is 14.5 Å². The normalized spacial score (nSPS) is 19.4. The highest BCUT2D eigenvalue weighted by Gasteiger charge is 2.26. The molecular weight excluding hydrogens is 534 g/mol. The number of hydrogen-bond donors (Lipinski definition) is 2. The molecule has 0 spiro atoms. The lowest BCUT2D eigenvalue weighted by Crippen LogP contribution is -2.35. The molecule has 1 aliphatic heterocycles. The third-order valence-electron chi connectivity index (χ3n) is 8.00. The molecule has 1 aromatic carbocycles. The van der Waals surface area contributed by atoms with Crippen molar-refractivity contribution in [3.8, 4) is 23.1 Å². The van der Waals surface area contributed by atoms with Gasteiger partial charge >= 0.3 is 0 Å². The van der Waals surface area contributed by atoms with Gasteiger partial charge in [0.05, 0.1) is 48.7 Å². The number of carbonyl (C=O) groups excluding carboxylic acids is 1. The SMILES string of the molecule is COc1ccncc1-c1cc(C(=O)Nc2nc3cc(CN4CCOCC4)ccc3n2C2CCC(O)CC2)cc(C#N)n1. The number of imidazole rings is 1. The van der Waals surface area contributed by atoms with Gasteiger partial charge in [0.25, 0.3) is 5.91 Å². The first-order valence-corrected chi connectivity index (χ1v) is 14.2. The highest BCUT2D eigenvalue weighted by atomic mass is 16.5. The van der Waals surface area contributed by atoms with Crippen molar-refractivity contribution in [2.45, 2.75) is 44.4 Å². The van der Waals surface area contributed by atoms with Crippen LogP contribution in [-0.4, -0.2) is 74.9 Å². The second kappa shape index (κ2) is 12.2. The molecule has 0 atom stereocenters. The number of hydrogen-bond acceptors (Lipinski definition) is 9. The second-order valence-corrected chi connectivity index (χ2v) is 10.7. The Balaban J connectivity index is 1.35. The first kappa shape index (κ1) is 27.8. The summed E-state index contributed by atoms with van der Waals surface area (Å²) in [5.41, 5.74) is 4.24. The van der Waals surface area contributed by atoms with Crippen LogP contribution < -0.4 is 10.1 Å². The van der Waals surface area contributed by atoms with Crippen LogP contribution in [0.25, 0.3) is 22.3 Å². The fraction of sp³-hybridized carbons (Fsp3) is 0.387. The minimum Gasteiger partial charge on any atom is -0.496 e. The van der Waals surface area contributed by atoms with E-state index in [1.165, 1.54) is 6.07 Å². The summed E-state index contributed by atoms with van der Waals surface area (Å²) < 4.78 is 13.0. The van der Waals surface area contributed by atoms with E-state index in [1.807, 2.05) is 0 Å². The van der Waals surface area contributed by atoms with E-state index in [9.17, 15) is 15.2 Å². The van der Waals surface area contributed by atoms with Gasteiger partial charge in [-0.3, -0.25) is 20.0 Å². The molecule has 6 rings (SSSR count). The van der Waals surface area contributed by atoms with Crippen molar-refractivity contribution in [3.05, 3.63) is 65.6 Å². The topological polar surface area (TPSA) is 138 Å². The monoisotopic (exact) mass is 567 g/mol. The Bertz CT molecular complexity index is 1630. The molecule has 2 N–H and O–H groups in total. The average Bonchev–Trinajstić information content (AvgIpc) is 3.38. The van der Waals surface area contributed by atoms with Crippen LogP contribution in [0.15, 0.2) is 48.8 Å². The van der Waals surface area contributed by atoms with E-state index in [1.54, 1.807) is 31.6 Å². The number of benzene rings is 1. The summed E-state index contributed by atoms with van der Waals surface area (Å²) in [4.78, 5) is 29.5. The summed E-state index contributed by atoms with van der Waals surface area (Å²) in [5, 5.41) is 22.8.